The summed E-state index contributed by atoms with van der Waals surface area (Å²) in [6.07, 6.45) is 28.7. The highest BCUT2D eigenvalue weighted by Crippen LogP contribution is 2.67. The zero-order valence-electron chi connectivity index (χ0n) is 22.5. The van der Waals surface area contributed by atoms with Gasteiger partial charge in [-0.1, -0.05) is 129 Å². The van der Waals surface area contributed by atoms with Gasteiger partial charge in [-0.2, -0.15) is 0 Å². The van der Waals surface area contributed by atoms with E-state index in [2.05, 4.69) is 135 Å². The molecule has 0 amide bonds. The molecule has 0 bridgehead atoms. The van der Waals surface area contributed by atoms with E-state index in [0.29, 0.717) is 5.92 Å². The summed E-state index contributed by atoms with van der Waals surface area (Å²) >= 11 is 0. The van der Waals surface area contributed by atoms with Crippen LogP contribution in [-0.2, 0) is 0 Å². The number of hydrogen-bond acceptors (Lipinski definition) is 0. The van der Waals surface area contributed by atoms with Crippen molar-refractivity contribution in [3.05, 3.63) is 117 Å². The van der Waals surface area contributed by atoms with Crippen LogP contribution in [0.2, 0.25) is 0 Å². The average Bonchev–Trinajstić information content (AvgIpc) is 2.94. The Labute approximate surface area is 207 Å². The predicted octanol–water partition coefficient (Wildman–Crippen LogP) is 9.32. The summed E-state index contributed by atoms with van der Waals surface area (Å²) in [6, 6.07) is 0. The molecule has 0 heterocycles. The Morgan fingerprint density at radius 1 is 0.647 bits per heavy atom. The topological polar surface area (TPSA) is 0 Å². The van der Waals surface area contributed by atoms with Gasteiger partial charge in [0.15, 0.2) is 0 Å². The molecule has 34 heavy (non-hydrogen) atoms. The van der Waals surface area contributed by atoms with Crippen LogP contribution in [0.5, 0.6) is 0 Å². The molecule has 0 saturated carbocycles. The molecule has 0 nitrogen and oxygen atoms in total. The van der Waals surface area contributed by atoms with E-state index in [-0.39, 0.29) is 21.7 Å². The molecule has 5 aliphatic rings. The van der Waals surface area contributed by atoms with Crippen molar-refractivity contribution >= 4 is 0 Å². The van der Waals surface area contributed by atoms with E-state index < -0.39 is 0 Å². The second-order valence-electron chi connectivity index (χ2n) is 13.1. The lowest BCUT2D eigenvalue weighted by molar-refractivity contribution is 0.243. The van der Waals surface area contributed by atoms with Gasteiger partial charge in [0.25, 0.3) is 0 Å². The predicted molar refractivity (Wildman–Crippen MR) is 147 cm³/mol. The van der Waals surface area contributed by atoms with E-state index in [0.717, 1.165) is 0 Å². The lowest BCUT2D eigenvalue weighted by Gasteiger charge is -2.58. The first kappa shape index (κ1) is 23.2. The Balaban J connectivity index is 1.87. The van der Waals surface area contributed by atoms with Crippen molar-refractivity contribution in [3.63, 3.8) is 0 Å². The Morgan fingerprint density at radius 3 is 1.85 bits per heavy atom. The Kier molecular flexibility index (Phi) is 4.91. The first-order chi connectivity index (χ1) is 15.8. The van der Waals surface area contributed by atoms with Gasteiger partial charge < -0.3 is 0 Å². The molecule has 0 aromatic carbocycles. The lowest BCUT2D eigenvalue weighted by atomic mass is 9.44. The second-order valence-corrected chi connectivity index (χ2v) is 13.1. The molecule has 0 N–H and O–H groups in total. The van der Waals surface area contributed by atoms with E-state index in [1.54, 1.807) is 0 Å². The third kappa shape index (κ3) is 3.18. The monoisotopic (exact) mass is 448 g/mol. The first-order valence-electron chi connectivity index (χ1n) is 12.9. The first-order valence-corrected chi connectivity index (χ1v) is 12.9. The van der Waals surface area contributed by atoms with Crippen molar-refractivity contribution in [3.8, 4) is 0 Å². The standard InChI is InChI=1S/C34H40/c1-22-11-10-12-23(14-13-22)29-20-28-19-26(31(2,3)4)17-24-15-16-25-18-27(32(5,6)7)21-30(29)34(25,9)33(24,28)8/h10-22H,1-9H3/t22?,33-,34-/m0/s1. The fourth-order valence-corrected chi connectivity index (χ4v) is 6.15. The summed E-state index contributed by atoms with van der Waals surface area (Å²) in [7, 11) is 0. The second kappa shape index (κ2) is 7.20. The maximum Gasteiger partial charge on any atom is 0.0315 e. The molecule has 0 saturated heterocycles. The van der Waals surface area contributed by atoms with Crippen LogP contribution in [0.15, 0.2) is 117 Å². The summed E-state index contributed by atoms with van der Waals surface area (Å²) in [4.78, 5) is 0. The van der Waals surface area contributed by atoms with Crippen molar-refractivity contribution in [1.82, 2.24) is 0 Å². The molecule has 0 aliphatic heterocycles. The largest absolute Gasteiger partial charge is 0.0779 e. The highest BCUT2D eigenvalue weighted by Gasteiger charge is 2.58. The SMILES string of the molecule is CC1C=CC=C(C2=C3C=C(C(C)(C)C)C=C4C=CC5=CC(C(C)(C)C)=CC(=C2)[C@@]5(C)[C@@]43C)C=C1. The molecule has 176 valence electrons. The van der Waals surface area contributed by atoms with Crippen molar-refractivity contribution in [2.45, 2.75) is 62.3 Å². The van der Waals surface area contributed by atoms with Crippen molar-refractivity contribution < 1.29 is 0 Å². The fourth-order valence-electron chi connectivity index (χ4n) is 6.15. The highest BCUT2D eigenvalue weighted by atomic mass is 14.6. The number of hydrogen-bond donors (Lipinski definition) is 0. The molecule has 1 unspecified atom stereocenters. The van der Waals surface area contributed by atoms with Gasteiger partial charge >= 0.3 is 0 Å². The maximum atomic E-state index is 2.52. The summed E-state index contributed by atoms with van der Waals surface area (Å²) in [6.45, 7) is 21.2. The minimum Gasteiger partial charge on any atom is -0.0779 e. The normalized spacial score (nSPS) is 32.2. The van der Waals surface area contributed by atoms with E-state index >= 15 is 0 Å². The summed E-state index contributed by atoms with van der Waals surface area (Å²) in [5.74, 6) is 0.452. The van der Waals surface area contributed by atoms with Crippen LogP contribution in [0.1, 0.15) is 62.3 Å². The Morgan fingerprint density at radius 2 is 1.24 bits per heavy atom. The lowest BCUT2D eigenvalue weighted by Crippen LogP contribution is -2.48. The minimum absolute atomic E-state index is 0.0841. The van der Waals surface area contributed by atoms with Gasteiger partial charge in [0.2, 0.25) is 0 Å². The third-order valence-electron chi connectivity index (χ3n) is 8.85. The van der Waals surface area contributed by atoms with Crippen LogP contribution in [-0.4, -0.2) is 0 Å². The van der Waals surface area contributed by atoms with Gasteiger partial charge in [-0.05, 0) is 67.4 Å². The van der Waals surface area contributed by atoms with Crippen LogP contribution in [0.4, 0.5) is 0 Å². The van der Waals surface area contributed by atoms with Crippen LogP contribution >= 0.6 is 0 Å². The quantitative estimate of drug-likeness (QED) is 0.375. The van der Waals surface area contributed by atoms with Crippen LogP contribution in [0.3, 0.4) is 0 Å². The Bertz CT molecular complexity index is 1270. The van der Waals surface area contributed by atoms with Gasteiger partial charge in [0.05, 0.1) is 0 Å². The zero-order valence-corrected chi connectivity index (χ0v) is 22.5. The number of rotatable bonds is 1. The van der Waals surface area contributed by atoms with Crippen molar-refractivity contribution in [2.24, 2.45) is 27.6 Å². The van der Waals surface area contributed by atoms with Gasteiger partial charge in [-0.25, -0.2) is 0 Å². The summed E-state index contributed by atoms with van der Waals surface area (Å²) in [5, 5.41) is 0. The van der Waals surface area contributed by atoms with Gasteiger partial charge in [0.1, 0.15) is 0 Å². The van der Waals surface area contributed by atoms with E-state index in [1.165, 1.54) is 44.6 Å². The van der Waals surface area contributed by atoms with E-state index in [4.69, 9.17) is 0 Å². The fraction of sp³-hybridized carbons (Fsp3) is 0.412. The molecular weight excluding hydrogens is 408 g/mol. The number of allylic oxidation sites excluding steroid dienone is 20. The van der Waals surface area contributed by atoms with Crippen molar-refractivity contribution in [1.29, 1.82) is 0 Å². The molecule has 3 atom stereocenters. The molecule has 5 rings (SSSR count). The minimum atomic E-state index is -0.113. The van der Waals surface area contributed by atoms with Crippen LogP contribution in [0.25, 0.3) is 0 Å². The molecule has 5 aliphatic carbocycles. The molecule has 0 fully saturated rings. The van der Waals surface area contributed by atoms with E-state index in [1.807, 2.05) is 0 Å². The summed E-state index contributed by atoms with van der Waals surface area (Å²) < 4.78 is 0. The molecule has 0 spiro atoms. The summed E-state index contributed by atoms with van der Waals surface area (Å²) in [5.41, 5.74) is 11.3. The molecule has 0 heteroatoms. The molecule has 0 aromatic rings. The molecule has 0 radical (unpaired) electrons. The zero-order chi connectivity index (χ0) is 24.7. The average molecular weight is 449 g/mol. The maximum absolute atomic E-state index is 2.52. The van der Waals surface area contributed by atoms with Gasteiger partial charge in [-0.3, -0.25) is 0 Å². The van der Waals surface area contributed by atoms with Crippen LogP contribution in [0, 0.1) is 27.6 Å². The van der Waals surface area contributed by atoms with Crippen molar-refractivity contribution in [2.75, 3.05) is 0 Å². The molecular formula is C34H40. The van der Waals surface area contributed by atoms with Gasteiger partial charge in [0, 0.05) is 10.8 Å². The van der Waals surface area contributed by atoms with Gasteiger partial charge in [-0.15, -0.1) is 0 Å². The highest BCUT2D eigenvalue weighted by molar-refractivity contribution is 5.73. The van der Waals surface area contributed by atoms with E-state index in [9.17, 15) is 0 Å². The Hall–Kier alpha value is -2.60. The third-order valence-corrected chi connectivity index (χ3v) is 8.85. The molecule has 0 aromatic heterocycles. The van der Waals surface area contributed by atoms with Crippen LogP contribution < -0.4 is 0 Å². The smallest absolute Gasteiger partial charge is 0.0315 e.